The molecule has 27 heavy (non-hydrogen) atoms. The van der Waals surface area contributed by atoms with Crippen LogP contribution in [0.1, 0.15) is 19.4 Å². The van der Waals surface area contributed by atoms with Gasteiger partial charge >= 0.3 is 0 Å². The Morgan fingerprint density at radius 2 is 1.96 bits per heavy atom. The highest BCUT2D eigenvalue weighted by Gasteiger charge is 2.34. The van der Waals surface area contributed by atoms with Gasteiger partial charge in [-0.1, -0.05) is 42.1 Å². The van der Waals surface area contributed by atoms with Crippen LogP contribution in [0, 0.1) is 5.82 Å². The van der Waals surface area contributed by atoms with Crippen molar-refractivity contribution in [1.29, 1.82) is 0 Å². The van der Waals surface area contributed by atoms with E-state index in [4.69, 9.17) is 4.42 Å². The summed E-state index contributed by atoms with van der Waals surface area (Å²) in [5.41, 5.74) is 2.38. The van der Waals surface area contributed by atoms with Crippen LogP contribution in [0.15, 0.2) is 58.2 Å². The predicted molar refractivity (Wildman–Crippen MR) is 102 cm³/mol. The van der Waals surface area contributed by atoms with Gasteiger partial charge in [0.1, 0.15) is 5.82 Å². The second kappa shape index (κ2) is 7.15. The maximum absolute atomic E-state index is 13.9. The molecule has 1 aliphatic heterocycles. The van der Waals surface area contributed by atoms with Gasteiger partial charge in [-0.25, -0.2) is 4.39 Å². The summed E-state index contributed by atoms with van der Waals surface area (Å²) in [6.07, 6.45) is 0.845. The van der Waals surface area contributed by atoms with Crippen LogP contribution in [0.4, 0.5) is 10.1 Å². The molecule has 0 unspecified atom stereocenters. The molecule has 5 nitrogen and oxygen atoms in total. The predicted octanol–water partition coefficient (Wildman–Crippen LogP) is 4.33. The van der Waals surface area contributed by atoms with E-state index < -0.39 is 11.1 Å². The highest BCUT2D eigenvalue weighted by atomic mass is 32.2. The van der Waals surface area contributed by atoms with Gasteiger partial charge in [0.05, 0.1) is 10.8 Å². The lowest BCUT2D eigenvalue weighted by atomic mass is 10.1. The summed E-state index contributed by atoms with van der Waals surface area (Å²) in [4.78, 5) is 14.8. The molecule has 1 aliphatic rings. The fraction of sp³-hybridized carbons (Fsp3) is 0.250. The minimum absolute atomic E-state index is 0.0110. The van der Waals surface area contributed by atoms with Gasteiger partial charge in [0.2, 0.25) is 5.91 Å². The summed E-state index contributed by atoms with van der Waals surface area (Å²) in [5, 5.41) is 7.70. The normalized spacial score (nSPS) is 17.0. The Kier molecular flexibility index (Phi) is 4.70. The van der Waals surface area contributed by atoms with Crippen LogP contribution in [0.25, 0.3) is 11.5 Å². The molecule has 2 aromatic carbocycles. The SMILES string of the molecule is C[C@H](Sc1nnc(-c2ccccc2F)o1)C(=O)N1c2ccccc2C[C@H]1C. The molecule has 7 heteroatoms. The molecule has 0 radical (unpaired) electrons. The molecule has 0 aliphatic carbocycles. The molecular weight excluding hydrogens is 365 g/mol. The number of anilines is 1. The van der Waals surface area contributed by atoms with Gasteiger partial charge in [-0.3, -0.25) is 4.79 Å². The van der Waals surface area contributed by atoms with Gasteiger partial charge in [0.15, 0.2) is 0 Å². The smallest absolute Gasteiger partial charge is 0.277 e. The van der Waals surface area contributed by atoms with E-state index in [2.05, 4.69) is 16.3 Å². The quantitative estimate of drug-likeness (QED) is 0.628. The average Bonchev–Trinajstić information content (AvgIpc) is 3.25. The van der Waals surface area contributed by atoms with E-state index in [0.717, 1.165) is 12.1 Å². The van der Waals surface area contributed by atoms with Gasteiger partial charge in [0, 0.05) is 11.7 Å². The second-order valence-electron chi connectivity index (χ2n) is 6.50. The third-order valence-electron chi connectivity index (χ3n) is 4.58. The Morgan fingerprint density at radius 3 is 2.78 bits per heavy atom. The zero-order chi connectivity index (χ0) is 19.0. The average molecular weight is 383 g/mol. The monoisotopic (exact) mass is 383 g/mol. The third kappa shape index (κ3) is 3.35. The van der Waals surface area contributed by atoms with Gasteiger partial charge in [-0.2, -0.15) is 0 Å². The number of fused-ring (bicyclic) bond motifs is 1. The second-order valence-corrected chi connectivity index (χ2v) is 7.80. The van der Waals surface area contributed by atoms with Crippen molar-refractivity contribution in [3.8, 4) is 11.5 Å². The lowest BCUT2D eigenvalue weighted by Gasteiger charge is -2.25. The zero-order valence-corrected chi connectivity index (χ0v) is 15.7. The first kappa shape index (κ1) is 17.7. The minimum atomic E-state index is -0.427. The van der Waals surface area contributed by atoms with E-state index in [1.54, 1.807) is 18.2 Å². The molecule has 4 rings (SSSR count). The van der Waals surface area contributed by atoms with Crippen molar-refractivity contribution >= 4 is 23.4 Å². The molecule has 0 saturated heterocycles. The van der Waals surface area contributed by atoms with Crippen molar-refractivity contribution in [2.75, 3.05) is 4.90 Å². The lowest BCUT2D eigenvalue weighted by molar-refractivity contribution is -0.118. The summed E-state index contributed by atoms with van der Waals surface area (Å²) >= 11 is 1.18. The van der Waals surface area contributed by atoms with E-state index in [1.165, 1.54) is 23.4 Å². The first-order valence-electron chi connectivity index (χ1n) is 8.70. The summed E-state index contributed by atoms with van der Waals surface area (Å²) in [5.74, 6) is -0.331. The van der Waals surface area contributed by atoms with Crippen LogP contribution >= 0.6 is 11.8 Å². The first-order valence-corrected chi connectivity index (χ1v) is 9.58. The molecule has 0 N–H and O–H groups in total. The van der Waals surface area contributed by atoms with Gasteiger partial charge in [-0.15, -0.1) is 10.2 Å². The Labute approximate surface area is 160 Å². The molecule has 3 aromatic rings. The molecule has 0 fully saturated rings. The van der Waals surface area contributed by atoms with Crippen LogP contribution < -0.4 is 4.90 Å². The van der Waals surface area contributed by atoms with Crippen LogP contribution in [-0.4, -0.2) is 27.4 Å². The fourth-order valence-electron chi connectivity index (χ4n) is 3.30. The molecule has 0 spiro atoms. The van der Waals surface area contributed by atoms with Crippen molar-refractivity contribution in [2.45, 2.75) is 36.8 Å². The number of nitrogens with zero attached hydrogens (tertiary/aromatic N) is 3. The van der Waals surface area contributed by atoms with Crippen LogP contribution in [0.5, 0.6) is 0 Å². The van der Waals surface area contributed by atoms with Crippen molar-refractivity contribution in [3.63, 3.8) is 0 Å². The Hall–Kier alpha value is -2.67. The first-order chi connectivity index (χ1) is 13.0. The Morgan fingerprint density at radius 1 is 1.22 bits per heavy atom. The molecule has 0 saturated carbocycles. The number of rotatable bonds is 4. The standard InChI is InChI=1S/C20H18FN3O2S/c1-12-11-14-7-3-6-10-17(14)24(12)19(25)13(2)27-20-23-22-18(26-20)15-8-4-5-9-16(15)21/h3-10,12-13H,11H2,1-2H3/t12-,13+/m1/s1. The Bertz CT molecular complexity index is 991. The van der Waals surface area contributed by atoms with Crippen LogP contribution in [0.2, 0.25) is 0 Å². The van der Waals surface area contributed by atoms with Gasteiger partial charge in [-0.05, 0) is 44.0 Å². The lowest BCUT2D eigenvalue weighted by Crippen LogP contribution is -2.40. The number of carbonyl (C=O) groups is 1. The number of thioether (sulfide) groups is 1. The van der Waals surface area contributed by atoms with E-state index in [9.17, 15) is 9.18 Å². The minimum Gasteiger partial charge on any atom is -0.411 e. The highest BCUT2D eigenvalue weighted by molar-refractivity contribution is 8.00. The zero-order valence-electron chi connectivity index (χ0n) is 14.9. The largest absolute Gasteiger partial charge is 0.411 e. The summed E-state index contributed by atoms with van der Waals surface area (Å²) in [6, 6.07) is 14.3. The van der Waals surface area contributed by atoms with Crippen molar-refractivity contribution < 1.29 is 13.6 Å². The molecular formula is C20H18FN3O2S. The number of hydrogen-bond acceptors (Lipinski definition) is 5. The van der Waals surface area contributed by atoms with Crippen LogP contribution in [-0.2, 0) is 11.2 Å². The van der Waals surface area contributed by atoms with E-state index >= 15 is 0 Å². The molecule has 1 aromatic heterocycles. The highest BCUT2D eigenvalue weighted by Crippen LogP contribution is 2.35. The molecule has 2 heterocycles. The topological polar surface area (TPSA) is 59.2 Å². The van der Waals surface area contributed by atoms with Gasteiger partial charge in [0.25, 0.3) is 11.1 Å². The number of aromatic nitrogens is 2. The van der Waals surface area contributed by atoms with Crippen molar-refractivity contribution in [2.24, 2.45) is 0 Å². The van der Waals surface area contributed by atoms with E-state index in [0.29, 0.717) is 0 Å². The van der Waals surface area contributed by atoms with Crippen LogP contribution in [0.3, 0.4) is 0 Å². The number of halogens is 1. The number of benzene rings is 2. The van der Waals surface area contributed by atoms with Crippen molar-refractivity contribution in [1.82, 2.24) is 10.2 Å². The maximum Gasteiger partial charge on any atom is 0.277 e. The number of amides is 1. The van der Waals surface area contributed by atoms with Gasteiger partial charge < -0.3 is 9.32 Å². The summed E-state index contributed by atoms with van der Waals surface area (Å²) < 4.78 is 19.4. The third-order valence-corrected chi connectivity index (χ3v) is 5.50. The number of hydrogen-bond donors (Lipinski definition) is 0. The summed E-state index contributed by atoms with van der Waals surface area (Å²) in [7, 11) is 0. The Balaban J connectivity index is 1.51. The molecule has 138 valence electrons. The molecule has 2 atom stereocenters. The fourth-order valence-corrected chi connectivity index (χ4v) is 4.03. The molecule has 0 bridgehead atoms. The maximum atomic E-state index is 13.9. The van der Waals surface area contributed by atoms with E-state index in [-0.39, 0.29) is 28.6 Å². The molecule has 1 amide bonds. The van der Waals surface area contributed by atoms with E-state index in [1.807, 2.05) is 36.9 Å². The van der Waals surface area contributed by atoms with Crippen molar-refractivity contribution in [3.05, 3.63) is 59.9 Å². The number of carbonyl (C=O) groups excluding carboxylic acids is 1. The summed E-state index contributed by atoms with van der Waals surface area (Å²) in [6.45, 7) is 3.85. The number of para-hydroxylation sites is 1.